The summed E-state index contributed by atoms with van der Waals surface area (Å²) >= 11 is 0. The predicted molar refractivity (Wildman–Crippen MR) is 92.5 cm³/mol. The molecule has 2 aromatic rings. The van der Waals surface area contributed by atoms with Crippen LogP contribution in [0.15, 0.2) is 42.5 Å². The largest absolute Gasteiger partial charge is 0.489 e. The standard InChI is InChI=1S/C19H20FNO4/c1-12(2)25-17-9-8-14(20)11-16(17)21-18(22)10-7-13-5-3-4-6-15(13)19(23)24/h3-6,8-9,11-12H,7,10H2,1-2H3,(H,21,22)(H,23,24). The smallest absolute Gasteiger partial charge is 0.335 e. The van der Waals surface area contributed by atoms with Gasteiger partial charge in [-0.1, -0.05) is 18.2 Å². The highest BCUT2D eigenvalue weighted by Gasteiger charge is 2.13. The molecule has 132 valence electrons. The Bertz CT molecular complexity index is 774. The SMILES string of the molecule is CC(C)Oc1ccc(F)cc1NC(=O)CCc1ccccc1C(=O)O. The van der Waals surface area contributed by atoms with E-state index < -0.39 is 11.8 Å². The first-order chi connectivity index (χ1) is 11.9. The Balaban J connectivity index is 2.06. The molecule has 0 atom stereocenters. The molecule has 0 aliphatic heterocycles. The summed E-state index contributed by atoms with van der Waals surface area (Å²) in [6.45, 7) is 3.66. The number of aromatic carboxylic acids is 1. The van der Waals surface area contributed by atoms with Crippen LogP contribution in [0.5, 0.6) is 5.75 Å². The van der Waals surface area contributed by atoms with E-state index in [1.54, 1.807) is 18.2 Å². The molecule has 0 saturated carbocycles. The average Bonchev–Trinajstić information content (AvgIpc) is 2.55. The molecule has 1 amide bonds. The zero-order valence-electron chi connectivity index (χ0n) is 14.1. The third-order valence-electron chi connectivity index (χ3n) is 3.45. The summed E-state index contributed by atoms with van der Waals surface area (Å²) in [4.78, 5) is 23.4. The van der Waals surface area contributed by atoms with Gasteiger partial charge in [-0.2, -0.15) is 0 Å². The Morgan fingerprint density at radius 2 is 1.92 bits per heavy atom. The van der Waals surface area contributed by atoms with Crippen LogP contribution in [-0.4, -0.2) is 23.1 Å². The first-order valence-electron chi connectivity index (χ1n) is 7.94. The van der Waals surface area contributed by atoms with E-state index in [9.17, 15) is 14.0 Å². The number of hydrogen-bond acceptors (Lipinski definition) is 3. The van der Waals surface area contributed by atoms with Crippen LogP contribution in [0.4, 0.5) is 10.1 Å². The molecule has 0 heterocycles. The Morgan fingerprint density at radius 3 is 2.60 bits per heavy atom. The number of nitrogens with one attached hydrogen (secondary N) is 1. The number of hydrogen-bond donors (Lipinski definition) is 2. The van der Waals surface area contributed by atoms with E-state index in [1.807, 2.05) is 13.8 Å². The molecule has 0 aliphatic carbocycles. The molecule has 0 aromatic heterocycles. The van der Waals surface area contributed by atoms with Crippen molar-refractivity contribution in [3.05, 3.63) is 59.4 Å². The Labute approximate surface area is 145 Å². The van der Waals surface area contributed by atoms with Crippen LogP contribution in [0.1, 0.15) is 36.2 Å². The van der Waals surface area contributed by atoms with Crippen LogP contribution in [0, 0.1) is 5.82 Å². The van der Waals surface area contributed by atoms with E-state index in [0.717, 1.165) is 0 Å². The third kappa shape index (κ3) is 5.31. The monoisotopic (exact) mass is 345 g/mol. The van der Waals surface area contributed by atoms with Crippen molar-refractivity contribution in [2.75, 3.05) is 5.32 Å². The lowest BCUT2D eigenvalue weighted by atomic mass is 10.0. The maximum atomic E-state index is 13.5. The van der Waals surface area contributed by atoms with E-state index in [2.05, 4.69) is 5.32 Å². The number of ether oxygens (including phenoxy) is 1. The molecule has 6 heteroatoms. The van der Waals surface area contributed by atoms with Crippen LogP contribution >= 0.6 is 0 Å². The molecule has 0 bridgehead atoms. The number of carbonyl (C=O) groups is 2. The molecule has 0 aliphatic rings. The molecule has 2 aromatic carbocycles. The second-order valence-corrected chi connectivity index (χ2v) is 5.82. The Hall–Kier alpha value is -2.89. The van der Waals surface area contributed by atoms with Crippen molar-refractivity contribution in [2.24, 2.45) is 0 Å². The highest BCUT2D eigenvalue weighted by Crippen LogP contribution is 2.26. The minimum atomic E-state index is -1.03. The van der Waals surface area contributed by atoms with Gasteiger partial charge in [0.15, 0.2) is 0 Å². The Kier molecular flexibility index (Phi) is 6.11. The number of aryl methyl sites for hydroxylation is 1. The fraction of sp³-hybridized carbons (Fsp3) is 0.263. The quantitative estimate of drug-likeness (QED) is 0.798. The fourth-order valence-corrected chi connectivity index (χ4v) is 2.36. The molecular weight excluding hydrogens is 325 g/mol. The van der Waals surface area contributed by atoms with E-state index >= 15 is 0 Å². The van der Waals surface area contributed by atoms with Gasteiger partial charge in [0, 0.05) is 12.5 Å². The van der Waals surface area contributed by atoms with Crippen molar-refractivity contribution in [1.82, 2.24) is 0 Å². The molecule has 0 unspecified atom stereocenters. The van der Waals surface area contributed by atoms with Gasteiger partial charge in [0.25, 0.3) is 0 Å². The first-order valence-corrected chi connectivity index (χ1v) is 7.94. The molecule has 0 spiro atoms. The molecule has 0 radical (unpaired) electrons. The lowest BCUT2D eigenvalue weighted by molar-refractivity contribution is -0.116. The lowest BCUT2D eigenvalue weighted by Gasteiger charge is -2.15. The van der Waals surface area contributed by atoms with Gasteiger partial charge in [-0.25, -0.2) is 9.18 Å². The van der Waals surface area contributed by atoms with Crippen LogP contribution in [0.25, 0.3) is 0 Å². The summed E-state index contributed by atoms with van der Waals surface area (Å²) in [5.74, 6) is -1.48. The number of benzene rings is 2. The van der Waals surface area contributed by atoms with Gasteiger partial charge in [-0.3, -0.25) is 4.79 Å². The van der Waals surface area contributed by atoms with Gasteiger partial charge in [0.1, 0.15) is 11.6 Å². The number of anilines is 1. The fourth-order valence-electron chi connectivity index (χ4n) is 2.36. The van der Waals surface area contributed by atoms with E-state index in [-0.39, 0.29) is 36.1 Å². The zero-order valence-corrected chi connectivity index (χ0v) is 14.1. The second-order valence-electron chi connectivity index (χ2n) is 5.82. The van der Waals surface area contributed by atoms with Crippen molar-refractivity contribution in [3.63, 3.8) is 0 Å². The number of carbonyl (C=O) groups excluding carboxylic acids is 1. The summed E-state index contributed by atoms with van der Waals surface area (Å²) in [6.07, 6.45) is 0.217. The average molecular weight is 345 g/mol. The van der Waals surface area contributed by atoms with Crippen LogP contribution in [0.2, 0.25) is 0 Å². The van der Waals surface area contributed by atoms with Crippen LogP contribution in [-0.2, 0) is 11.2 Å². The minimum absolute atomic E-state index is 0.0714. The van der Waals surface area contributed by atoms with Gasteiger partial charge < -0.3 is 15.2 Å². The van der Waals surface area contributed by atoms with Gasteiger partial charge in [-0.15, -0.1) is 0 Å². The van der Waals surface area contributed by atoms with Crippen molar-refractivity contribution >= 4 is 17.6 Å². The summed E-state index contributed by atoms with van der Waals surface area (Å²) in [5.41, 5.74) is 0.998. The number of amides is 1. The van der Waals surface area contributed by atoms with E-state index in [4.69, 9.17) is 9.84 Å². The highest BCUT2D eigenvalue weighted by molar-refractivity contribution is 5.93. The van der Waals surface area contributed by atoms with E-state index in [0.29, 0.717) is 11.3 Å². The van der Waals surface area contributed by atoms with Gasteiger partial charge in [0.05, 0.1) is 17.4 Å². The molecular formula is C19H20FNO4. The number of carboxylic acids is 1. The van der Waals surface area contributed by atoms with E-state index in [1.165, 1.54) is 24.3 Å². The zero-order chi connectivity index (χ0) is 18.4. The summed E-state index contributed by atoms with van der Waals surface area (Å²) in [5, 5.41) is 11.8. The van der Waals surface area contributed by atoms with Crippen LogP contribution < -0.4 is 10.1 Å². The summed E-state index contributed by atoms with van der Waals surface area (Å²) < 4.78 is 19.0. The number of rotatable bonds is 7. The molecule has 25 heavy (non-hydrogen) atoms. The Morgan fingerprint density at radius 1 is 1.20 bits per heavy atom. The normalized spacial score (nSPS) is 10.6. The molecule has 2 rings (SSSR count). The molecule has 0 saturated heterocycles. The first kappa shape index (κ1) is 18.4. The van der Waals surface area contributed by atoms with Crippen molar-refractivity contribution in [2.45, 2.75) is 32.8 Å². The minimum Gasteiger partial charge on any atom is -0.489 e. The maximum Gasteiger partial charge on any atom is 0.335 e. The molecule has 5 nitrogen and oxygen atoms in total. The maximum absolute atomic E-state index is 13.5. The molecule has 2 N–H and O–H groups in total. The van der Waals surface area contributed by atoms with Gasteiger partial charge >= 0.3 is 5.97 Å². The van der Waals surface area contributed by atoms with Crippen LogP contribution in [0.3, 0.4) is 0 Å². The lowest BCUT2D eigenvalue weighted by Crippen LogP contribution is -2.15. The molecule has 0 fully saturated rings. The third-order valence-corrected chi connectivity index (χ3v) is 3.45. The van der Waals surface area contributed by atoms with Crippen molar-refractivity contribution < 1.29 is 23.8 Å². The predicted octanol–water partition coefficient (Wildman–Crippen LogP) is 3.88. The second kappa shape index (κ2) is 8.28. The van der Waals surface area contributed by atoms with Gasteiger partial charge in [0.2, 0.25) is 5.91 Å². The van der Waals surface area contributed by atoms with Crippen molar-refractivity contribution in [1.29, 1.82) is 0 Å². The number of carboxylic acid groups (broad SMARTS) is 1. The topological polar surface area (TPSA) is 75.6 Å². The highest BCUT2D eigenvalue weighted by atomic mass is 19.1. The van der Waals surface area contributed by atoms with Gasteiger partial charge in [-0.05, 0) is 44.0 Å². The number of halogens is 1. The summed E-state index contributed by atoms with van der Waals surface area (Å²) in [6, 6.07) is 10.4. The summed E-state index contributed by atoms with van der Waals surface area (Å²) in [7, 11) is 0. The van der Waals surface area contributed by atoms with Crippen molar-refractivity contribution in [3.8, 4) is 5.75 Å².